The number of hydrazone groups is 1. The van der Waals surface area contributed by atoms with Crippen LogP contribution in [0.5, 0.6) is 0 Å². The lowest BCUT2D eigenvalue weighted by atomic mass is 9.85. The molecule has 2 amide bonds. The minimum atomic E-state index is -0.172. The molecule has 3 aliphatic carbocycles. The summed E-state index contributed by atoms with van der Waals surface area (Å²) in [4.78, 5) is 25.5. The van der Waals surface area contributed by atoms with E-state index in [0.29, 0.717) is 0 Å². The lowest BCUT2D eigenvalue weighted by Gasteiger charge is -2.18. The van der Waals surface area contributed by atoms with Crippen molar-refractivity contribution < 1.29 is 9.59 Å². The van der Waals surface area contributed by atoms with Crippen LogP contribution >= 0.6 is 22.6 Å². The average Bonchev–Trinajstić information content (AvgIpc) is 3.15. The number of allylic oxidation sites excluding steroid dienone is 2. The lowest BCUT2D eigenvalue weighted by molar-refractivity contribution is -0.141. The summed E-state index contributed by atoms with van der Waals surface area (Å²) in [5, 5.41) is 5.33. The Balaban J connectivity index is 1.43. The van der Waals surface area contributed by atoms with E-state index in [1.54, 1.807) is 6.21 Å². The van der Waals surface area contributed by atoms with E-state index in [1.807, 2.05) is 24.3 Å². The van der Waals surface area contributed by atoms with Crippen LogP contribution in [0.15, 0.2) is 41.5 Å². The first kappa shape index (κ1) is 13.9. The fourth-order valence-electron chi connectivity index (χ4n) is 4.85. The average molecular weight is 418 g/mol. The Bertz CT molecular complexity index is 745. The van der Waals surface area contributed by atoms with E-state index in [4.69, 9.17) is 0 Å². The van der Waals surface area contributed by atoms with Gasteiger partial charge in [-0.1, -0.05) is 24.3 Å². The summed E-state index contributed by atoms with van der Waals surface area (Å²) >= 11 is 2.24. The van der Waals surface area contributed by atoms with Gasteiger partial charge in [0.1, 0.15) is 0 Å². The molecule has 0 N–H and O–H groups in total. The number of halogens is 1. The number of carbonyl (C=O) groups excluding carboxylic acids is 2. The largest absolute Gasteiger partial charge is 0.272 e. The van der Waals surface area contributed by atoms with Gasteiger partial charge in [-0.25, -0.2) is 0 Å². The molecular weight excluding hydrogens is 403 g/mol. The van der Waals surface area contributed by atoms with Gasteiger partial charge in [-0.3, -0.25) is 9.59 Å². The summed E-state index contributed by atoms with van der Waals surface area (Å²) < 4.78 is 1.14. The van der Waals surface area contributed by atoms with Crippen LogP contribution in [-0.2, 0) is 9.59 Å². The first-order valence-electron chi connectivity index (χ1n) is 7.97. The van der Waals surface area contributed by atoms with Gasteiger partial charge in [0.15, 0.2) is 0 Å². The van der Waals surface area contributed by atoms with E-state index in [9.17, 15) is 9.59 Å². The Kier molecular flexibility index (Phi) is 2.73. The second-order valence-corrected chi connectivity index (χ2v) is 8.25. The summed E-state index contributed by atoms with van der Waals surface area (Å²) in [6, 6.07) is 7.82. The molecule has 116 valence electrons. The van der Waals surface area contributed by atoms with Crippen molar-refractivity contribution in [2.45, 2.75) is 12.8 Å². The van der Waals surface area contributed by atoms with Crippen molar-refractivity contribution in [2.75, 3.05) is 0 Å². The predicted molar refractivity (Wildman–Crippen MR) is 93.4 cm³/mol. The predicted octanol–water partition coefficient (Wildman–Crippen LogP) is 2.82. The number of imide groups is 1. The van der Waals surface area contributed by atoms with Crippen molar-refractivity contribution in [3.63, 3.8) is 0 Å². The SMILES string of the molecule is O=C1C2C(C(=O)N1N=Cc1ccc(I)cc1)C1C=CC2C12CC2. The third-order valence-electron chi connectivity index (χ3n) is 6.02. The van der Waals surface area contributed by atoms with Gasteiger partial charge in [0, 0.05) is 3.57 Å². The third-order valence-corrected chi connectivity index (χ3v) is 6.74. The van der Waals surface area contributed by atoms with E-state index in [-0.39, 0.29) is 40.9 Å². The first-order valence-corrected chi connectivity index (χ1v) is 9.05. The van der Waals surface area contributed by atoms with Crippen molar-refractivity contribution in [2.24, 2.45) is 34.2 Å². The van der Waals surface area contributed by atoms with Crippen LogP contribution in [0.1, 0.15) is 18.4 Å². The van der Waals surface area contributed by atoms with Crippen LogP contribution in [-0.4, -0.2) is 23.0 Å². The minimum Gasteiger partial charge on any atom is -0.272 e. The van der Waals surface area contributed by atoms with Gasteiger partial charge in [0.05, 0.1) is 18.1 Å². The zero-order valence-corrected chi connectivity index (χ0v) is 14.5. The molecule has 1 aliphatic heterocycles. The normalized spacial score (nSPS) is 35.8. The number of fused-ring (bicyclic) bond motifs is 3. The standard InChI is InChI=1S/C18H15IN2O2/c19-11-3-1-10(2-4-11)9-20-21-16(22)14-12-5-6-13(15(14)17(21)23)18(12)7-8-18/h1-6,9,12-15H,7-8H2. The van der Waals surface area contributed by atoms with Crippen LogP contribution in [0.2, 0.25) is 0 Å². The first-order chi connectivity index (χ1) is 11.1. The monoisotopic (exact) mass is 418 g/mol. The summed E-state index contributed by atoms with van der Waals surface area (Å²) in [6.45, 7) is 0. The van der Waals surface area contributed by atoms with Crippen molar-refractivity contribution in [3.8, 4) is 0 Å². The van der Waals surface area contributed by atoms with Crippen molar-refractivity contribution in [1.29, 1.82) is 0 Å². The highest BCUT2D eigenvalue weighted by atomic mass is 127. The Morgan fingerprint density at radius 1 is 1.04 bits per heavy atom. The summed E-state index contributed by atoms with van der Waals surface area (Å²) in [5.41, 5.74) is 1.13. The van der Waals surface area contributed by atoms with Gasteiger partial charge in [-0.2, -0.15) is 10.1 Å². The molecule has 4 aliphatic rings. The quantitative estimate of drug-likeness (QED) is 0.321. The van der Waals surface area contributed by atoms with E-state index < -0.39 is 0 Å². The number of nitrogens with zero attached hydrogens (tertiary/aromatic N) is 2. The molecule has 1 aromatic rings. The molecule has 3 fully saturated rings. The van der Waals surface area contributed by atoms with Gasteiger partial charge in [-0.15, -0.1) is 0 Å². The second kappa shape index (κ2) is 4.53. The molecule has 1 aromatic carbocycles. The third kappa shape index (κ3) is 1.74. The minimum absolute atomic E-state index is 0.107. The van der Waals surface area contributed by atoms with Crippen LogP contribution < -0.4 is 0 Å². The molecule has 2 saturated carbocycles. The summed E-state index contributed by atoms with van der Waals surface area (Å²) in [7, 11) is 0. The van der Waals surface area contributed by atoms with Gasteiger partial charge in [-0.05, 0) is 70.4 Å². The van der Waals surface area contributed by atoms with Crippen molar-refractivity contribution in [3.05, 3.63) is 45.6 Å². The number of hydrogen-bond donors (Lipinski definition) is 0. The van der Waals surface area contributed by atoms with Crippen molar-refractivity contribution in [1.82, 2.24) is 5.01 Å². The fraction of sp³-hybridized carbons (Fsp3) is 0.389. The smallest absolute Gasteiger partial charge is 0.254 e. The molecule has 5 rings (SSSR count). The molecule has 0 aromatic heterocycles. The van der Waals surface area contributed by atoms with Gasteiger partial charge in [0.2, 0.25) is 0 Å². The van der Waals surface area contributed by atoms with Crippen LogP contribution in [0.3, 0.4) is 0 Å². The van der Waals surface area contributed by atoms with Gasteiger partial charge in [0.25, 0.3) is 11.8 Å². The molecule has 0 radical (unpaired) electrons. The highest BCUT2D eigenvalue weighted by Gasteiger charge is 2.73. The molecule has 5 heteroatoms. The molecular formula is C18H15IN2O2. The number of carbonyl (C=O) groups is 2. The number of hydrogen-bond acceptors (Lipinski definition) is 3. The molecule has 1 saturated heterocycles. The zero-order valence-electron chi connectivity index (χ0n) is 12.4. The zero-order chi connectivity index (χ0) is 15.8. The number of benzene rings is 1. The molecule has 4 nitrogen and oxygen atoms in total. The molecule has 4 unspecified atom stereocenters. The van der Waals surface area contributed by atoms with Crippen molar-refractivity contribution >= 4 is 40.6 Å². The summed E-state index contributed by atoms with van der Waals surface area (Å²) in [5.74, 6) is -0.0441. The van der Waals surface area contributed by atoms with Crippen LogP contribution in [0.25, 0.3) is 0 Å². The molecule has 1 heterocycles. The van der Waals surface area contributed by atoms with Gasteiger partial charge >= 0.3 is 0 Å². The molecule has 2 bridgehead atoms. The number of rotatable bonds is 2. The van der Waals surface area contributed by atoms with Crippen LogP contribution in [0, 0.1) is 32.7 Å². The molecule has 4 atom stereocenters. The lowest BCUT2D eigenvalue weighted by Crippen LogP contribution is -2.30. The second-order valence-electron chi connectivity index (χ2n) is 7.01. The fourth-order valence-corrected chi connectivity index (χ4v) is 5.21. The maximum atomic E-state index is 12.7. The van der Waals surface area contributed by atoms with Gasteiger partial charge < -0.3 is 0 Å². The van der Waals surface area contributed by atoms with E-state index >= 15 is 0 Å². The van der Waals surface area contributed by atoms with E-state index in [1.165, 1.54) is 0 Å². The Morgan fingerprint density at radius 2 is 1.61 bits per heavy atom. The van der Waals surface area contributed by atoms with E-state index in [0.717, 1.165) is 27.0 Å². The Labute approximate surface area is 147 Å². The Hall–Kier alpha value is -1.50. The van der Waals surface area contributed by atoms with E-state index in [2.05, 4.69) is 39.8 Å². The maximum absolute atomic E-state index is 12.7. The highest BCUT2D eigenvalue weighted by Crippen LogP contribution is 2.73. The molecule has 1 spiro atoms. The molecule has 23 heavy (non-hydrogen) atoms. The highest BCUT2D eigenvalue weighted by molar-refractivity contribution is 14.1. The summed E-state index contributed by atoms with van der Waals surface area (Å²) in [6.07, 6.45) is 8.28. The van der Waals surface area contributed by atoms with Crippen LogP contribution in [0.4, 0.5) is 0 Å². The maximum Gasteiger partial charge on any atom is 0.254 e. The Morgan fingerprint density at radius 3 is 2.13 bits per heavy atom. The topological polar surface area (TPSA) is 49.7 Å². The number of amides is 2.